The average Bonchev–Trinajstić information content (AvgIpc) is 3.13. The molecule has 1 aliphatic rings. The number of carbonyl (C=O) groups is 1. The van der Waals surface area contributed by atoms with Crippen LogP contribution in [0, 0.1) is 5.82 Å². The lowest BCUT2D eigenvalue weighted by molar-refractivity contribution is -0.118. The third kappa shape index (κ3) is 5.20. The van der Waals surface area contributed by atoms with Crippen LogP contribution in [0.3, 0.4) is 0 Å². The Morgan fingerprint density at radius 2 is 2.07 bits per heavy atom. The Morgan fingerprint density at radius 3 is 2.79 bits per heavy atom. The second kappa shape index (κ2) is 8.57. The molecule has 0 unspecified atom stereocenters. The highest BCUT2D eigenvalue weighted by molar-refractivity contribution is 7.90. The van der Waals surface area contributed by atoms with Gasteiger partial charge >= 0.3 is 0 Å². The minimum atomic E-state index is -3.78. The Labute approximate surface area is 166 Å². The molecule has 0 atom stereocenters. The van der Waals surface area contributed by atoms with Crippen molar-refractivity contribution in [3.8, 4) is 5.75 Å². The molecule has 0 radical (unpaired) electrons. The number of aliphatic imine (C=N–C) groups is 1. The number of nitrogens with zero attached hydrogens (tertiary/aromatic N) is 1. The first kappa shape index (κ1) is 20.1. The number of hydrogen-bond acceptors (Lipinski definition) is 5. The zero-order valence-corrected chi connectivity index (χ0v) is 16.2. The van der Waals surface area contributed by atoms with Crippen LogP contribution in [-0.2, 0) is 14.8 Å². The first-order valence-corrected chi connectivity index (χ1v) is 10.2. The Bertz CT molecular complexity index is 1030. The molecule has 0 aromatic heterocycles. The zero-order chi connectivity index (χ0) is 20.1. The van der Waals surface area contributed by atoms with Gasteiger partial charge in [0.15, 0.2) is 6.61 Å². The van der Waals surface area contributed by atoms with Crippen molar-refractivity contribution in [1.82, 2.24) is 4.72 Å². The fourth-order valence-electron chi connectivity index (χ4n) is 2.51. The van der Waals surface area contributed by atoms with Gasteiger partial charge in [0.1, 0.15) is 17.4 Å². The molecule has 0 aliphatic carbocycles. The second-order valence-corrected chi connectivity index (χ2v) is 8.07. The van der Waals surface area contributed by atoms with E-state index >= 15 is 0 Å². The molecule has 148 valence electrons. The fraction of sp³-hybridized carbons (Fsp3) is 0.222. The number of amides is 1. The van der Waals surface area contributed by atoms with Gasteiger partial charge in [0, 0.05) is 18.7 Å². The standard InChI is InChI=1S/C18H17ClFN3O4S/c19-15-9-12(20)6-7-16(15)27-11-18(24)22-13-3-1-4-14(10-13)28(25,26)23-17-5-2-8-21-17/h1,3-4,6-7,9-10H,2,5,8,11H2,(H,21,23)(H,22,24). The summed E-state index contributed by atoms with van der Waals surface area (Å²) in [5, 5.41) is 2.59. The molecule has 2 N–H and O–H groups in total. The van der Waals surface area contributed by atoms with Crippen molar-refractivity contribution in [1.29, 1.82) is 0 Å². The molecule has 2 aromatic carbocycles. The minimum absolute atomic E-state index is 0.00222. The largest absolute Gasteiger partial charge is 0.482 e. The van der Waals surface area contributed by atoms with E-state index in [0.29, 0.717) is 18.8 Å². The van der Waals surface area contributed by atoms with Crippen molar-refractivity contribution in [2.75, 3.05) is 18.5 Å². The highest BCUT2D eigenvalue weighted by atomic mass is 35.5. The highest BCUT2D eigenvalue weighted by Crippen LogP contribution is 2.25. The van der Waals surface area contributed by atoms with E-state index < -0.39 is 21.7 Å². The topological polar surface area (TPSA) is 96.9 Å². The number of benzene rings is 2. The number of anilines is 1. The van der Waals surface area contributed by atoms with Crippen LogP contribution in [0.5, 0.6) is 5.75 Å². The monoisotopic (exact) mass is 425 g/mol. The quantitative estimate of drug-likeness (QED) is 0.743. The molecule has 10 heteroatoms. The van der Waals surface area contributed by atoms with Gasteiger partial charge in [-0.2, -0.15) is 0 Å². The molecule has 2 aromatic rings. The van der Waals surface area contributed by atoms with Gasteiger partial charge in [0.25, 0.3) is 15.9 Å². The van der Waals surface area contributed by atoms with Crippen LogP contribution in [0.25, 0.3) is 0 Å². The number of ether oxygens (including phenoxy) is 1. The Morgan fingerprint density at radius 1 is 1.25 bits per heavy atom. The summed E-state index contributed by atoms with van der Waals surface area (Å²) in [5.41, 5.74) is 0.287. The van der Waals surface area contributed by atoms with E-state index in [1.165, 1.54) is 24.3 Å². The van der Waals surface area contributed by atoms with E-state index in [4.69, 9.17) is 16.3 Å². The third-order valence-electron chi connectivity index (χ3n) is 3.81. The first-order chi connectivity index (χ1) is 13.3. The summed E-state index contributed by atoms with van der Waals surface area (Å²) in [5.74, 6) is -0.449. The van der Waals surface area contributed by atoms with E-state index in [9.17, 15) is 17.6 Å². The molecular weight excluding hydrogens is 409 g/mol. The summed E-state index contributed by atoms with van der Waals surface area (Å²) >= 11 is 5.83. The Balaban J connectivity index is 1.62. The van der Waals surface area contributed by atoms with Gasteiger partial charge in [-0.15, -0.1) is 0 Å². The van der Waals surface area contributed by atoms with Crippen molar-refractivity contribution in [3.05, 3.63) is 53.3 Å². The summed E-state index contributed by atoms with van der Waals surface area (Å²) in [7, 11) is -3.78. The Kier molecular flexibility index (Phi) is 6.15. The predicted octanol–water partition coefficient (Wildman–Crippen LogP) is 2.97. The first-order valence-electron chi connectivity index (χ1n) is 8.37. The zero-order valence-electron chi connectivity index (χ0n) is 14.6. The second-order valence-electron chi connectivity index (χ2n) is 5.98. The van der Waals surface area contributed by atoms with Crippen molar-refractivity contribution in [2.45, 2.75) is 17.7 Å². The van der Waals surface area contributed by atoms with Gasteiger partial charge in [0.2, 0.25) is 0 Å². The maximum Gasteiger partial charge on any atom is 0.262 e. The molecule has 0 saturated carbocycles. The minimum Gasteiger partial charge on any atom is -0.482 e. The Hall–Kier alpha value is -2.65. The molecule has 0 bridgehead atoms. The molecule has 0 spiro atoms. The smallest absolute Gasteiger partial charge is 0.262 e. The highest BCUT2D eigenvalue weighted by Gasteiger charge is 2.19. The predicted molar refractivity (Wildman–Crippen MR) is 104 cm³/mol. The number of rotatable bonds is 6. The van der Waals surface area contributed by atoms with Crippen LogP contribution in [0.1, 0.15) is 12.8 Å². The number of nitrogens with one attached hydrogen (secondary N) is 2. The van der Waals surface area contributed by atoms with Gasteiger partial charge in [0.05, 0.1) is 9.92 Å². The van der Waals surface area contributed by atoms with Gasteiger partial charge in [-0.1, -0.05) is 17.7 Å². The molecule has 0 fully saturated rings. The number of carbonyl (C=O) groups excluding carboxylic acids is 1. The van der Waals surface area contributed by atoms with Crippen molar-refractivity contribution >= 4 is 39.1 Å². The molecule has 0 saturated heterocycles. The van der Waals surface area contributed by atoms with Gasteiger partial charge < -0.3 is 10.1 Å². The van der Waals surface area contributed by atoms with Gasteiger partial charge in [-0.25, -0.2) is 12.8 Å². The van der Waals surface area contributed by atoms with E-state index in [0.717, 1.165) is 18.6 Å². The SMILES string of the molecule is O=C(COc1ccc(F)cc1Cl)Nc1cccc(S(=O)(=O)NC2=NCCC2)c1. The van der Waals surface area contributed by atoms with Crippen molar-refractivity contribution in [2.24, 2.45) is 4.99 Å². The van der Waals surface area contributed by atoms with Crippen LogP contribution >= 0.6 is 11.6 Å². The maximum absolute atomic E-state index is 13.0. The van der Waals surface area contributed by atoms with E-state index in [1.807, 2.05) is 0 Å². The molecular formula is C18H17ClFN3O4S. The number of halogens is 2. The van der Waals surface area contributed by atoms with Crippen LogP contribution in [0.4, 0.5) is 10.1 Å². The van der Waals surface area contributed by atoms with Crippen molar-refractivity contribution < 1.29 is 22.3 Å². The summed E-state index contributed by atoms with van der Waals surface area (Å²) in [6, 6.07) is 9.37. The summed E-state index contributed by atoms with van der Waals surface area (Å²) in [6.45, 7) is 0.226. The van der Waals surface area contributed by atoms with E-state index in [1.54, 1.807) is 6.07 Å². The van der Waals surface area contributed by atoms with Crippen LogP contribution < -0.4 is 14.8 Å². The maximum atomic E-state index is 13.0. The van der Waals surface area contributed by atoms with Crippen molar-refractivity contribution in [3.63, 3.8) is 0 Å². The summed E-state index contributed by atoms with van der Waals surface area (Å²) in [6.07, 6.45) is 1.39. The van der Waals surface area contributed by atoms with Gasteiger partial charge in [-0.3, -0.25) is 14.5 Å². The molecule has 1 aliphatic heterocycles. The normalized spacial score (nSPS) is 13.7. The fourth-order valence-corrected chi connectivity index (χ4v) is 3.87. The lowest BCUT2D eigenvalue weighted by Gasteiger charge is -2.11. The lowest BCUT2D eigenvalue weighted by atomic mass is 10.3. The van der Waals surface area contributed by atoms with E-state index in [-0.39, 0.29) is 28.0 Å². The molecule has 3 rings (SSSR count). The third-order valence-corrected chi connectivity index (χ3v) is 5.48. The molecule has 7 nitrogen and oxygen atoms in total. The lowest BCUT2D eigenvalue weighted by Crippen LogP contribution is -2.29. The molecule has 28 heavy (non-hydrogen) atoms. The van der Waals surface area contributed by atoms with Crippen LogP contribution in [0.2, 0.25) is 5.02 Å². The molecule has 1 amide bonds. The molecule has 1 heterocycles. The summed E-state index contributed by atoms with van der Waals surface area (Å²) in [4.78, 5) is 16.2. The number of hydrogen-bond donors (Lipinski definition) is 2. The number of sulfonamides is 1. The van der Waals surface area contributed by atoms with E-state index in [2.05, 4.69) is 15.0 Å². The van der Waals surface area contributed by atoms with Gasteiger partial charge in [-0.05, 0) is 42.8 Å². The van der Waals surface area contributed by atoms with Crippen LogP contribution in [0.15, 0.2) is 52.4 Å². The van der Waals surface area contributed by atoms with Crippen LogP contribution in [-0.4, -0.2) is 33.3 Å². The summed E-state index contributed by atoms with van der Waals surface area (Å²) < 4.78 is 45.6. The number of amidine groups is 1. The average molecular weight is 426 g/mol.